The van der Waals surface area contributed by atoms with Gasteiger partial charge in [0, 0.05) is 17.8 Å². The Bertz CT molecular complexity index is 794. The van der Waals surface area contributed by atoms with Crippen molar-refractivity contribution in [3.8, 4) is 11.8 Å². The Labute approximate surface area is 138 Å². The smallest absolute Gasteiger partial charge is 0.408 e. The van der Waals surface area contributed by atoms with E-state index in [0.717, 1.165) is 5.56 Å². The van der Waals surface area contributed by atoms with Crippen LogP contribution in [0, 0.1) is 28.9 Å². The standard InChI is InChI=1S/C17H15N3O4/c1-13-16(20(22)23)10-15(11-19-13)8-5-9-18-17(21)24-12-14-6-3-2-4-7-14/h2-4,6-7,10-11H,9,12H2,1H3,(H,18,21). The molecule has 0 saturated carbocycles. The van der Waals surface area contributed by atoms with Crippen LogP contribution in [0.25, 0.3) is 0 Å². The highest BCUT2D eigenvalue weighted by atomic mass is 16.6. The summed E-state index contributed by atoms with van der Waals surface area (Å²) in [5, 5.41) is 13.3. The van der Waals surface area contributed by atoms with Gasteiger partial charge >= 0.3 is 6.09 Å². The minimum absolute atomic E-state index is 0.0648. The largest absolute Gasteiger partial charge is 0.445 e. The molecule has 122 valence electrons. The molecule has 0 bridgehead atoms. The number of aromatic nitrogens is 1. The van der Waals surface area contributed by atoms with Crippen LogP contribution >= 0.6 is 0 Å². The van der Waals surface area contributed by atoms with Crippen LogP contribution in [0.3, 0.4) is 0 Å². The van der Waals surface area contributed by atoms with Gasteiger partial charge in [-0.2, -0.15) is 0 Å². The fraction of sp³-hybridized carbons (Fsp3) is 0.176. The molecule has 1 aromatic carbocycles. The Morgan fingerprint density at radius 1 is 1.38 bits per heavy atom. The van der Waals surface area contributed by atoms with E-state index in [4.69, 9.17) is 4.74 Å². The molecule has 7 nitrogen and oxygen atoms in total. The number of carbonyl (C=O) groups is 1. The Morgan fingerprint density at radius 3 is 2.83 bits per heavy atom. The molecule has 1 aromatic heterocycles. The fourth-order valence-electron chi connectivity index (χ4n) is 1.81. The van der Waals surface area contributed by atoms with Gasteiger partial charge in [-0.3, -0.25) is 15.1 Å². The molecule has 0 aliphatic carbocycles. The number of benzene rings is 1. The molecule has 0 aliphatic rings. The summed E-state index contributed by atoms with van der Waals surface area (Å²) in [6, 6.07) is 10.6. The van der Waals surface area contributed by atoms with Gasteiger partial charge in [-0.1, -0.05) is 42.2 Å². The number of carbonyl (C=O) groups excluding carboxylic acids is 1. The van der Waals surface area contributed by atoms with Gasteiger partial charge in [-0.05, 0) is 12.5 Å². The average Bonchev–Trinajstić information content (AvgIpc) is 2.59. The highest BCUT2D eigenvalue weighted by Crippen LogP contribution is 2.15. The minimum atomic E-state index is -0.582. The molecule has 2 rings (SSSR count). The third-order valence-corrected chi connectivity index (χ3v) is 3.02. The number of amides is 1. The van der Waals surface area contributed by atoms with Crippen molar-refractivity contribution in [3.63, 3.8) is 0 Å². The zero-order valence-electron chi connectivity index (χ0n) is 13.0. The first-order valence-electron chi connectivity index (χ1n) is 7.10. The summed E-state index contributed by atoms with van der Waals surface area (Å²) >= 11 is 0. The van der Waals surface area contributed by atoms with E-state index >= 15 is 0 Å². The van der Waals surface area contributed by atoms with Gasteiger partial charge in [0.15, 0.2) is 0 Å². The first-order valence-corrected chi connectivity index (χ1v) is 7.10. The van der Waals surface area contributed by atoms with Gasteiger partial charge < -0.3 is 10.1 Å². The van der Waals surface area contributed by atoms with Gasteiger partial charge in [-0.15, -0.1) is 0 Å². The Balaban J connectivity index is 1.82. The third-order valence-electron chi connectivity index (χ3n) is 3.02. The van der Waals surface area contributed by atoms with Crippen LogP contribution in [0.5, 0.6) is 0 Å². The van der Waals surface area contributed by atoms with E-state index in [9.17, 15) is 14.9 Å². The molecule has 0 saturated heterocycles. The first kappa shape index (κ1) is 17.0. The van der Waals surface area contributed by atoms with Crippen LogP contribution in [0.1, 0.15) is 16.8 Å². The molecule has 1 amide bonds. The van der Waals surface area contributed by atoms with E-state index in [0.29, 0.717) is 11.3 Å². The maximum Gasteiger partial charge on any atom is 0.408 e. The molecule has 1 heterocycles. The summed E-state index contributed by atoms with van der Waals surface area (Å²) in [6.45, 7) is 1.79. The predicted octanol–water partition coefficient (Wildman–Crippen LogP) is 2.58. The molecule has 2 aromatic rings. The predicted molar refractivity (Wildman–Crippen MR) is 87.1 cm³/mol. The van der Waals surface area contributed by atoms with Gasteiger partial charge in [0.2, 0.25) is 0 Å². The lowest BCUT2D eigenvalue weighted by Gasteiger charge is -2.04. The molecule has 0 unspecified atom stereocenters. The van der Waals surface area contributed by atoms with E-state index < -0.39 is 11.0 Å². The summed E-state index contributed by atoms with van der Waals surface area (Å²) in [4.78, 5) is 25.8. The second-order valence-electron chi connectivity index (χ2n) is 4.80. The Hall–Kier alpha value is -3.40. The van der Waals surface area contributed by atoms with Crippen LogP contribution in [0.15, 0.2) is 42.6 Å². The molecule has 7 heteroatoms. The zero-order valence-corrected chi connectivity index (χ0v) is 13.0. The Morgan fingerprint density at radius 2 is 2.12 bits per heavy atom. The van der Waals surface area contributed by atoms with E-state index in [2.05, 4.69) is 22.1 Å². The summed E-state index contributed by atoms with van der Waals surface area (Å²) in [5.41, 5.74) is 1.54. The van der Waals surface area contributed by atoms with Crippen molar-refractivity contribution in [2.75, 3.05) is 6.54 Å². The van der Waals surface area contributed by atoms with Crippen molar-refractivity contribution in [2.45, 2.75) is 13.5 Å². The number of pyridine rings is 1. The molecular weight excluding hydrogens is 310 g/mol. The quantitative estimate of drug-likeness (QED) is 0.529. The zero-order chi connectivity index (χ0) is 17.4. The molecule has 0 spiro atoms. The number of rotatable bonds is 4. The van der Waals surface area contributed by atoms with Crippen molar-refractivity contribution in [3.05, 3.63) is 69.5 Å². The van der Waals surface area contributed by atoms with Crippen molar-refractivity contribution < 1.29 is 14.5 Å². The highest BCUT2D eigenvalue weighted by molar-refractivity contribution is 5.67. The topological polar surface area (TPSA) is 94.4 Å². The van der Waals surface area contributed by atoms with Crippen LogP contribution in [0.2, 0.25) is 0 Å². The van der Waals surface area contributed by atoms with Gasteiger partial charge in [-0.25, -0.2) is 4.79 Å². The summed E-state index contributed by atoms with van der Waals surface area (Å²) in [5.74, 6) is 5.40. The highest BCUT2D eigenvalue weighted by Gasteiger charge is 2.11. The lowest BCUT2D eigenvalue weighted by molar-refractivity contribution is -0.385. The summed E-state index contributed by atoms with van der Waals surface area (Å²) in [7, 11) is 0. The number of nitro groups is 1. The molecule has 0 aliphatic heterocycles. The number of nitrogens with one attached hydrogen (secondary N) is 1. The number of ether oxygens (including phenoxy) is 1. The molecule has 1 N–H and O–H groups in total. The summed E-state index contributed by atoms with van der Waals surface area (Å²) < 4.78 is 5.03. The van der Waals surface area contributed by atoms with Crippen LogP contribution in [-0.2, 0) is 11.3 Å². The molecule has 0 radical (unpaired) electrons. The number of nitrogens with zero attached hydrogens (tertiary/aromatic N) is 2. The number of hydrogen-bond donors (Lipinski definition) is 1. The third kappa shape index (κ3) is 5.10. The monoisotopic (exact) mass is 325 g/mol. The van der Waals surface area contributed by atoms with Crippen LogP contribution < -0.4 is 5.32 Å². The Kier molecular flexibility index (Phi) is 5.86. The lowest BCUT2D eigenvalue weighted by Crippen LogP contribution is -2.24. The van der Waals surface area contributed by atoms with E-state index in [1.165, 1.54) is 12.3 Å². The second kappa shape index (κ2) is 8.29. The number of hydrogen-bond acceptors (Lipinski definition) is 5. The van der Waals surface area contributed by atoms with Crippen LogP contribution in [0.4, 0.5) is 10.5 Å². The van der Waals surface area contributed by atoms with Crippen LogP contribution in [-0.4, -0.2) is 22.5 Å². The lowest BCUT2D eigenvalue weighted by atomic mass is 10.2. The molecule has 0 fully saturated rings. The van der Waals surface area contributed by atoms with E-state index in [-0.39, 0.29) is 18.8 Å². The maximum atomic E-state index is 11.5. The van der Waals surface area contributed by atoms with E-state index in [1.807, 2.05) is 30.3 Å². The maximum absolute atomic E-state index is 11.5. The average molecular weight is 325 g/mol. The normalized spacial score (nSPS) is 9.54. The van der Waals surface area contributed by atoms with Crippen molar-refractivity contribution >= 4 is 11.8 Å². The van der Waals surface area contributed by atoms with Crippen molar-refractivity contribution in [2.24, 2.45) is 0 Å². The SMILES string of the molecule is Cc1ncc(C#CCNC(=O)OCc2ccccc2)cc1[N+](=O)[O-]. The van der Waals surface area contributed by atoms with E-state index in [1.54, 1.807) is 6.92 Å². The summed E-state index contributed by atoms with van der Waals surface area (Å²) in [6.07, 6.45) is 0.865. The first-order chi connectivity index (χ1) is 11.6. The minimum Gasteiger partial charge on any atom is -0.445 e. The molecular formula is C17H15N3O4. The molecule has 24 heavy (non-hydrogen) atoms. The van der Waals surface area contributed by atoms with Gasteiger partial charge in [0.1, 0.15) is 12.3 Å². The molecule has 0 atom stereocenters. The van der Waals surface area contributed by atoms with Crippen molar-refractivity contribution in [1.82, 2.24) is 10.3 Å². The fourth-order valence-corrected chi connectivity index (χ4v) is 1.81. The number of aryl methyl sites for hydroxylation is 1. The van der Waals surface area contributed by atoms with Gasteiger partial charge in [0.25, 0.3) is 5.69 Å². The number of alkyl carbamates (subject to hydrolysis) is 1. The van der Waals surface area contributed by atoms with Crippen molar-refractivity contribution in [1.29, 1.82) is 0 Å². The second-order valence-corrected chi connectivity index (χ2v) is 4.80. The van der Waals surface area contributed by atoms with Gasteiger partial charge in [0.05, 0.1) is 11.5 Å².